The van der Waals surface area contributed by atoms with Crippen LogP contribution >= 0.6 is 11.6 Å². The number of nitro groups is 1. The van der Waals surface area contributed by atoms with Crippen molar-refractivity contribution in [3.05, 3.63) is 38.9 Å². The number of nitro benzene ring substituents is 1. The number of halogens is 1. The highest BCUT2D eigenvalue weighted by atomic mass is 35.5. The van der Waals surface area contributed by atoms with Crippen LogP contribution in [0, 0.1) is 72.2 Å². The Morgan fingerprint density at radius 2 is 2.03 bits per heavy atom. The molecule has 0 radical (unpaired) electrons. The van der Waals surface area contributed by atoms with E-state index in [1.54, 1.807) is 0 Å². The van der Waals surface area contributed by atoms with Gasteiger partial charge in [-0.25, -0.2) is 0 Å². The van der Waals surface area contributed by atoms with E-state index in [1.165, 1.54) is 12.1 Å². The van der Waals surface area contributed by atoms with Crippen molar-refractivity contribution < 1.29 is 14.4 Å². The second-order valence-electron chi connectivity index (χ2n) is 8.26. The molecule has 2 aliphatic heterocycles. The fourth-order valence-corrected chi connectivity index (χ4v) is 5.63. The van der Waals surface area contributed by atoms with Gasteiger partial charge < -0.3 is 9.47 Å². The van der Waals surface area contributed by atoms with Crippen LogP contribution in [0.15, 0.2) is 18.2 Å². The molecule has 2 bridgehead atoms. The molecule has 0 aromatic heterocycles. The van der Waals surface area contributed by atoms with Crippen LogP contribution in [0.2, 0.25) is 5.02 Å². The van der Waals surface area contributed by atoms with Crippen LogP contribution in [0.5, 0.6) is 0 Å². The lowest BCUT2D eigenvalue weighted by Crippen LogP contribution is -2.61. The van der Waals surface area contributed by atoms with Crippen molar-refractivity contribution in [3.63, 3.8) is 0 Å². The molecule has 1 aromatic rings. The molecular weight excluding hydrogens is 422 g/mol. The van der Waals surface area contributed by atoms with Crippen LogP contribution in [0.4, 0.5) is 5.69 Å². The Labute approximate surface area is 183 Å². The Hall–Kier alpha value is -3.19. The Kier molecular flexibility index (Phi) is 4.70. The quantitative estimate of drug-likeness (QED) is 0.540. The normalized spacial score (nSPS) is 35.1. The summed E-state index contributed by atoms with van der Waals surface area (Å²) in [7, 11) is 0. The van der Waals surface area contributed by atoms with Crippen LogP contribution in [-0.4, -0.2) is 16.6 Å². The predicted octanol–water partition coefficient (Wildman–Crippen LogP) is 4.39. The summed E-state index contributed by atoms with van der Waals surface area (Å²) < 4.78 is 12.1. The molecule has 0 amide bonds. The van der Waals surface area contributed by atoms with Gasteiger partial charge in [-0.2, -0.15) is 15.8 Å². The summed E-state index contributed by atoms with van der Waals surface area (Å²) in [6, 6.07) is 9.64. The SMILES string of the molecule is CCC1CCC23OC(=N)C(C#N)(C2C1)C(C#N)(C#N)C(c1cc([N+](=O)[O-])ccc1Cl)O3. The summed E-state index contributed by atoms with van der Waals surface area (Å²) >= 11 is 6.34. The third-order valence-electron chi connectivity index (χ3n) is 7.07. The van der Waals surface area contributed by atoms with Crippen molar-refractivity contribution in [1.82, 2.24) is 0 Å². The summed E-state index contributed by atoms with van der Waals surface area (Å²) in [6.45, 7) is 2.02. The second-order valence-corrected chi connectivity index (χ2v) is 8.66. The molecule has 3 fully saturated rings. The standard InChI is InChI=1S/C21H18ClN5O4/c1-2-12-5-6-21-16(7-12)20(11-25,18(26)31-21)19(9-23,10-24)17(30-21)14-8-13(27(28)29)3-4-15(14)22/h3-4,8,12,16-17,26H,2,5-7H2,1H3. The molecule has 1 aliphatic carbocycles. The molecule has 10 heteroatoms. The number of rotatable bonds is 3. The molecule has 4 rings (SSSR count). The number of non-ortho nitro benzene ring substituents is 1. The Morgan fingerprint density at radius 1 is 1.32 bits per heavy atom. The summed E-state index contributed by atoms with van der Waals surface area (Å²) in [5.41, 5.74) is -4.32. The summed E-state index contributed by atoms with van der Waals surface area (Å²) in [6.07, 6.45) is 0.994. The monoisotopic (exact) mass is 439 g/mol. The lowest BCUT2D eigenvalue weighted by Gasteiger charge is -2.52. The molecule has 9 nitrogen and oxygen atoms in total. The van der Waals surface area contributed by atoms with Crippen LogP contribution in [0.25, 0.3) is 0 Å². The van der Waals surface area contributed by atoms with Gasteiger partial charge in [-0.15, -0.1) is 0 Å². The van der Waals surface area contributed by atoms with Crippen molar-refractivity contribution in [3.8, 4) is 18.2 Å². The molecule has 2 heterocycles. The van der Waals surface area contributed by atoms with E-state index in [9.17, 15) is 25.9 Å². The molecule has 3 aliphatic rings. The van der Waals surface area contributed by atoms with Crippen molar-refractivity contribution in [2.75, 3.05) is 0 Å². The number of nitrogens with one attached hydrogen (secondary N) is 1. The number of hydrogen-bond donors (Lipinski definition) is 1. The first kappa shape index (κ1) is 21.1. The van der Waals surface area contributed by atoms with Crippen LogP contribution in [-0.2, 0) is 9.47 Å². The topological polar surface area (TPSA) is 157 Å². The number of benzene rings is 1. The molecule has 2 saturated heterocycles. The molecule has 0 spiro atoms. The van der Waals surface area contributed by atoms with Gasteiger partial charge in [0.2, 0.25) is 17.1 Å². The zero-order chi connectivity index (χ0) is 22.6. The zero-order valence-corrected chi connectivity index (χ0v) is 17.3. The Balaban J connectivity index is 2.00. The van der Waals surface area contributed by atoms with E-state index in [2.05, 4.69) is 6.07 Å². The maximum Gasteiger partial charge on any atom is 0.269 e. The maximum atomic E-state index is 11.3. The van der Waals surface area contributed by atoms with Gasteiger partial charge in [0.1, 0.15) is 6.10 Å². The molecule has 31 heavy (non-hydrogen) atoms. The van der Waals surface area contributed by atoms with Gasteiger partial charge in [0.05, 0.1) is 29.0 Å². The van der Waals surface area contributed by atoms with Crippen LogP contribution in [0.1, 0.15) is 44.3 Å². The molecule has 5 unspecified atom stereocenters. The highest BCUT2D eigenvalue weighted by molar-refractivity contribution is 6.31. The van der Waals surface area contributed by atoms with Gasteiger partial charge >= 0.3 is 0 Å². The van der Waals surface area contributed by atoms with E-state index in [4.69, 9.17) is 26.5 Å². The van der Waals surface area contributed by atoms with Gasteiger partial charge in [0, 0.05) is 29.1 Å². The van der Waals surface area contributed by atoms with Crippen LogP contribution < -0.4 is 0 Å². The molecule has 1 saturated carbocycles. The van der Waals surface area contributed by atoms with Gasteiger partial charge in [0.25, 0.3) is 5.69 Å². The van der Waals surface area contributed by atoms with Crippen molar-refractivity contribution in [2.24, 2.45) is 22.7 Å². The number of nitrogens with zero attached hydrogens (tertiary/aromatic N) is 4. The van der Waals surface area contributed by atoms with E-state index in [0.717, 1.165) is 18.9 Å². The molecular formula is C21H18ClN5O4. The molecule has 5 atom stereocenters. The predicted molar refractivity (Wildman–Crippen MR) is 106 cm³/mol. The third-order valence-corrected chi connectivity index (χ3v) is 7.41. The first-order valence-corrected chi connectivity index (χ1v) is 10.3. The second kappa shape index (κ2) is 6.92. The summed E-state index contributed by atoms with van der Waals surface area (Å²) in [4.78, 5) is 10.7. The first-order chi connectivity index (χ1) is 14.7. The Morgan fingerprint density at radius 3 is 2.61 bits per heavy atom. The van der Waals surface area contributed by atoms with Crippen molar-refractivity contribution >= 4 is 23.2 Å². The fourth-order valence-electron chi connectivity index (χ4n) is 5.41. The highest BCUT2D eigenvalue weighted by Gasteiger charge is 2.81. The first-order valence-electron chi connectivity index (χ1n) is 9.88. The average Bonchev–Trinajstić information content (AvgIpc) is 2.97. The number of nitriles is 3. The van der Waals surface area contributed by atoms with E-state index >= 15 is 0 Å². The lowest BCUT2D eigenvalue weighted by atomic mass is 9.50. The lowest BCUT2D eigenvalue weighted by molar-refractivity contribution is -0.385. The largest absolute Gasteiger partial charge is 0.447 e. The van der Waals surface area contributed by atoms with Gasteiger partial charge in [0.15, 0.2) is 5.41 Å². The number of ether oxygens (including phenoxy) is 2. The van der Waals surface area contributed by atoms with Crippen molar-refractivity contribution in [2.45, 2.75) is 44.5 Å². The van der Waals surface area contributed by atoms with Gasteiger partial charge in [-0.05, 0) is 24.8 Å². The molecule has 1 N–H and O–H groups in total. The minimum Gasteiger partial charge on any atom is -0.447 e. The summed E-state index contributed by atoms with van der Waals surface area (Å²) in [5, 5.41) is 50.8. The highest BCUT2D eigenvalue weighted by Crippen LogP contribution is 2.70. The fraction of sp³-hybridized carbons (Fsp3) is 0.524. The summed E-state index contributed by atoms with van der Waals surface area (Å²) in [5.74, 6) is -2.29. The Bertz CT molecular complexity index is 1100. The van der Waals surface area contributed by atoms with E-state index in [1.807, 2.05) is 19.1 Å². The van der Waals surface area contributed by atoms with Gasteiger partial charge in [-0.3, -0.25) is 15.5 Å². The van der Waals surface area contributed by atoms with Crippen molar-refractivity contribution in [1.29, 1.82) is 21.2 Å². The third kappa shape index (κ3) is 2.47. The van der Waals surface area contributed by atoms with Crippen LogP contribution in [0.3, 0.4) is 0 Å². The van der Waals surface area contributed by atoms with E-state index in [-0.39, 0.29) is 22.2 Å². The van der Waals surface area contributed by atoms with E-state index < -0.39 is 39.5 Å². The minimum absolute atomic E-state index is 0.0485. The minimum atomic E-state index is -2.18. The van der Waals surface area contributed by atoms with Gasteiger partial charge in [-0.1, -0.05) is 24.9 Å². The molecule has 1 aromatic carbocycles. The molecule has 158 valence electrons. The maximum absolute atomic E-state index is 11.3. The zero-order valence-electron chi connectivity index (χ0n) is 16.6. The average molecular weight is 440 g/mol. The smallest absolute Gasteiger partial charge is 0.269 e. The number of hydrogen-bond acceptors (Lipinski definition) is 8. The van der Waals surface area contributed by atoms with E-state index in [0.29, 0.717) is 12.8 Å².